The number of hydrogen-bond acceptors (Lipinski definition) is 11. The highest BCUT2D eigenvalue weighted by Gasteiger charge is 2.36. The molecule has 0 aliphatic carbocycles. The summed E-state index contributed by atoms with van der Waals surface area (Å²) in [6.45, 7) is -0.319. The molecule has 2 amide bonds. The number of rotatable bonds is 6. The summed E-state index contributed by atoms with van der Waals surface area (Å²) in [6, 6.07) is 4.09. The molecule has 3 rings (SSSR count). The van der Waals surface area contributed by atoms with Crippen LogP contribution in [0.2, 0.25) is 0 Å². The number of nitrogens with zero attached hydrogens (tertiary/aromatic N) is 3. The van der Waals surface area contributed by atoms with E-state index in [1.807, 2.05) is 0 Å². The number of imide groups is 1. The molecule has 0 saturated carbocycles. The molecule has 1 aliphatic heterocycles. The van der Waals surface area contributed by atoms with E-state index in [1.54, 1.807) is 0 Å². The molecule has 1 fully saturated rings. The number of hydrogen-bond donors (Lipinski definition) is 1. The van der Waals surface area contributed by atoms with Gasteiger partial charge < -0.3 is 14.3 Å². The fourth-order valence-corrected chi connectivity index (χ4v) is 3.42. The molecule has 1 aromatic carbocycles. The summed E-state index contributed by atoms with van der Waals surface area (Å²) in [4.78, 5) is 57.0. The van der Waals surface area contributed by atoms with E-state index in [1.165, 1.54) is 12.1 Å². The van der Waals surface area contributed by atoms with Gasteiger partial charge in [-0.1, -0.05) is 0 Å². The van der Waals surface area contributed by atoms with Gasteiger partial charge in [0.05, 0.1) is 34.5 Å². The van der Waals surface area contributed by atoms with E-state index < -0.39 is 44.1 Å². The van der Waals surface area contributed by atoms with Gasteiger partial charge in [-0.15, -0.1) is 0 Å². The van der Waals surface area contributed by atoms with Crippen LogP contribution < -0.4 is 0 Å². The number of amides is 2. The van der Waals surface area contributed by atoms with Crippen molar-refractivity contribution < 1.29 is 38.5 Å². The van der Waals surface area contributed by atoms with Crippen LogP contribution in [0.15, 0.2) is 33.6 Å². The molecule has 2 aromatic rings. The number of phenols is 1. The van der Waals surface area contributed by atoms with E-state index >= 15 is 0 Å². The highest BCUT2D eigenvalue weighted by Crippen LogP contribution is 2.39. The molecule has 2 heterocycles. The first-order chi connectivity index (χ1) is 14.6. The third-order valence-corrected chi connectivity index (χ3v) is 4.94. The topological polar surface area (TPSA) is 183 Å². The Morgan fingerprint density at radius 1 is 1.26 bits per heavy atom. The van der Waals surface area contributed by atoms with Crippen molar-refractivity contribution in [3.8, 4) is 5.75 Å². The van der Waals surface area contributed by atoms with Crippen molar-refractivity contribution in [1.29, 1.82) is 0 Å². The number of carbonyl (C=O) groups is 3. The number of esters is 1. The summed E-state index contributed by atoms with van der Waals surface area (Å²) in [5.74, 6) is -2.48. The van der Waals surface area contributed by atoms with Crippen LogP contribution >= 0.6 is 11.8 Å². The lowest BCUT2D eigenvalue weighted by Gasteiger charge is -2.10. The third kappa shape index (κ3) is 4.23. The molecular weight excluding hydrogens is 438 g/mol. The number of benzene rings is 1. The molecule has 13 nitrogen and oxygen atoms in total. The fraction of sp³-hybridized carbons (Fsp3) is 0.118. The molecule has 1 aliphatic rings. The van der Waals surface area contributed by atoms with Crippen molar-refractivity contribution in [2.24, 2.45) is 0 Å². The maximum absolute atomic E-state index is 12.6. The van der Waals surface area contributed by atoms with Gasteiger partial charge in [-0.3, -0.25) is 34.7 Å². The average molecular weight is 449 g/mol. The van der Waals surface area contributed by atoms with Gasteiger partial charge in [-0.25, -0.2) is 4.79 Å². The Morgan fingerprint density at radius 2 is 1.97 bits per heavy atom. The van der Waals surface area contributed by atoms with Gasteiger partial charge >= 0.3 is 11.7 Å². The summed E-state index contributed by atoms with van der Waals surface area (Å²) in [7, 11) is 1.15. The van der Waals surface area contributed by atoms with Crippen molar-refractivity contribution in [2.45, 2.75) is 6.54 Å². The van der Waals surface area contributed by atoms with Crippen LogP contribution in [0.3, 0.4) is 0 Å². The summed E-state index contributed by atoms with van der Waals surface area (Å²) in [5.41, 5.74) is -1.98. The summed E-state index contributed by atoms with van der Waals surface area (Å²) >= 11 is 0.465. The molecule has 1 saturated heterocycles. The van der Waals surface area contributed by atoms with Gasteiger partial charge in [0, 0.05) is 11.6 Å². The van der Waals surface area contributed by atoms with Crippen LogP contribution in [0.4, 0.5) is 16.2 Å². The van der Waals surface area contributed by atoms with E-state index in [2.05, 4.69) is 4.74 Å². The Kier molecular flexibility index (Phi) is 5.74. The zero-order chi connectivity index (χ0) is 22.9. The highest BCUT2D eigenvalue weighted by atomic mass is 32.2. The van der Waals surface area contributed by atoms with Crippen LogP contribution in [-0.4, -0.2) is 44.1 Å². The minimum atomic E-state index is -1.01. The number of thioether (sulfide) groups is 1. The highest BCUT2D eigenvalue weighted by molar-refractivity contribution is 8.18. The molecule has 1 N–H and O–H groups in total. The Bertz CT molecular complexity index is 1170. The number of ether oxygens (including phenoxy) is 1. The number of aromatic hydroxyl groups is 1. The van der Waals surface area contributed by atoms with Gasteiger partial charge in [0.2, 0.25) is 11.5 Å². The van der Waals surface area contributed by atoms with E-state index in [4.69, 9.17) is 4.42 Å². The van der Waals surface area contributed by atoms with Crippen LogP contribution in [0.5, 0.6) is 5.75 Å². The molecule has 160 valence electrons. The molecule has 14 heteroatoms. The van der Waals surface area contributed by atoms with Gasteiger partial charge in [-0.05, 0) is 30.0 Å². The van der Waals surface area contributed by atoms with Gasteiger partial charge in [0.1, 0.15) is 5.76 Å². The smallest absolute Gasteiger partial charge is 0.373 e. The molecular formula is C17H11N3O10S. The lowest BCUT2D eigenvalue weighted by molar-refractivity contribution is -0.394. The molecule has 0 atom stereocenters. The largest absolute Gasteiger partial charge is 0.502 e. The van der Waals surface area contributed by atoms with Gasteiger partial charge in [-0.2, -0.15) is 0 Å². The third-order valence-electron chi connectivity index (χ3n) is 4.03. The lowest BCUT2D eigenvalue weighted by Crippen LogP contribution is -2.27. The number of phenolic OH excluding ortho intramolecular Hbond substituents is 1. The molecule has 0 bridgehead atoms. The van der Waals surface area contributed by atoms with Crippen molar-refractivity contribution in [2.75, 3.05) is 7.11 Å². The number of furan rings is 1. The van der Waals surface area contributed by atoms with Crippen LogP contribution in [-0.2, 0) is 16.1 Å². The maximum Gasteiger partial charge on any atom is 0.373 e. The van der Waals surface area contributed by atoms with Crippen LogP contribution in [0, 0.1) is 20.2 Å². The molecule has 0 spiro atoms. The van der Waals surface area contributed by atoms with E-state index in [0.29, 0.717) is 17.8 Å². The first kappa shape index (κ1) is 21.5. The molecule has 1 aromatic heterocycles. The Morgan fingerprint density at radius 3 is 2.58 bits per heavy atom. The monoisotopic (exact) mass is 449 g/mol. The van der Waals surface area contributed by atoms with Crippen LogP contribution in [0.1, 0.15) is 21.9 Å². The molecule has 31 heavy (non-hydrogen) atoms. The number of non-ortho nitro benzene ring substituents is 1. The molecule has 0 unspecified atom stereocenters. The minimum Gasteiger partial charge on any atom is -0.502 e. The summed E-state index contributed by atoms with van der Waals surface area (Å²) in [5, 5.41) is 31.4. The Balaban J connectivity index is 1.91. The first-order valence-electron chi connectivity index (χ1n) is 8.20. The van der Waals surface area contributed by atoms with Gasteiger partial charge in [0.25, 0.3) is 16.8 Å². The predicted octanol–water partition coefficient (Wildman–Crippen LogP) is 2.82. The summed E-state index contributed by atoms with van der Waals surface area (Å²) < 4.78 is 9.71. The first-order valence-corrected chi connectivity index (χ1v) is 9.02. The standard InChI is InChI=1S/C17H11N3O10S/c1-29-16(23)12-3-2-10(30-12)7-18-15(22)13(31-17(18)24)5-8-4-9(19(25)26)6-11(14(8)21)20(27)28/h2-6,21H,7H2,1H3. The van der Waals surface area contributed by atoms with Crippen molar-refractivity contribution in [3.05, 3.63) is 66.5 Å². The summed E-state index contributed by atoms with van der Waals surface area (Å²) in [6.07, 6.45) is 0.947. The van der Waals surface area contributed by atoms with Crippen molar-refractivity contribution in [1.82, 2.24) is 4.90 Å². The minimum absolute atomic E-state index is 0.109. The SMILES string of the molecule is COC(=O)c1ccc(CN2C(=O)SC(=Cc3cc([N+](=O)[O-])cc([N+](=O)[O-])c3O)C2=O)o1. The quantitative estimate of drug-likeness (QED) is 0.296. The fourth-order valence-electron chi connectivity index (χ4n) is 2.59. The normalized spacial score (nSPS) is 14.9. The lowest BCUT2D eigenvalue weighted by atomic mass is 10.1. The zero-order valence-electron chi connectivity index (χ0n) is 15.5. The average Bonchev–Trinajstić information content (AvgIpc) is 3.29. The number of nitro benzene ring substituents is 2. The second kappa shape index (κ2) is 8.27. The van der Waals surface area contributed by atoms with Crippen molar-refractivity contribution >= 4 is 46.3 Å². The van der Waals surface area contributed by atoms with E-state index in [-0.39, 0.29) is 28.5 Å². The van der Waals surface area contributed by atoms with Crippen LogP contribution in [0.25, 0.3) is 6.08 Å². The van der Waals surface area contributed by atoms with E-state index in [0.717, 1.165) is 24.2 Å². The second-order valence-electron chi connectivity index (χ2n) is 5.94. The number of nitro groups is 2. The van der Waals surface area contributed by atoms with E-state index in [9.17, 15) is 39.7 Å². The maximum atomic E-state index is 12.6. The Hall–Kier alpha value is -4.20. The Labute approximate surface area is 176 Å². The second-order valence-corrected chi connectivity index (χ2v) is 6.94. The molecule has 0 radical (unpaired) electrons. The number of methoxy groups -OCH3 is 1. The number of carbonyl (C=O) groups excluding carboxylic acids is 3. The predicted molar refractivity (Wildman–Crippen MR) is 103 cm³/mol. The van der Waals surface area contributed by atoms with Gasteiger partial charge in [0.15, 0.2) is 0 Å². The zero-order valence-corrected chi connectivity index (χ0v) is 16.3. The van der Waals surface area contributed by atoms with Crippen molar-refractivity contribution in [3.63, 3.8) is 0 Å².